The highest BCUT2D eigenvalue weighted by Gasteiger charge is 2.43. The second-order valence-electron chi connectivity index (χ2n) is 7.45. The minimum atomic E-state index is -0.675. The molecule has 1 aliphatic heterocycles. The van der Waals surface area contributed by atoms with Crippen molar-refractivity contribution in [1.29, 1.82) is 0 Å². The number of carbonyl (C=O) groups is 2. The van der Waals surface area contributed by atoms with Crippen LogP contribution in [0.15, 0.2) is 53.2 Å². The molecule has 2 aliphatic rings. The van der Waals surface area contributed by atoms with Crippen LogP contribution in [-0.2, 0) is 9.53 Å². The van der Waals surface area contributed by atoms with Gasteiger partial charge in [0.1, 0.15) is 0 Å². The van der Waals surface area contributed by atoms with E-state index < -0.39 is 11.9 Å². The van der Waals surface area contributed by atoms with E-state index in [1.54, 1.807) is 25.1 Å². The Balaban J connectivity index is 1.96. The topological polar surface area (TPSA) is 73.9 Å². The number of methoxy groups -OCH3 is 1. The Morgan fingerprint density at radius 3 is 2.44 bits per heavy atom. The second-order valence-corrected chi connectivity index (χ2v) is 7.85. The average Bonchev–Trinajstić information content (AvgIpc) is 3.06. The van der Waals surface area contributed by atoms with Crippen LogP contribution in [0.1, 0.15) is 48.2 Å². The molecule has 1 heterocycles. The van der Waals surface area contributed by atoms with Gasteiger partial charge in [0.25, 0.3) is 0 Å². The number of rotatable bonds is 6. The van der Waals surface area contributed by atoms with Gasteiger partial charge >= 0.3 is 5.97 Å². The number of carbonyl (C=O) groups excluding carboxylic acids is 2. The number of ether oxygens (including phenoxy) is 3. The molecule has 6 nitrogen and oxygen atoms in total. The van der Waals surface area contributed by atoms with Crippen LogP contribution in [0, 0.1) is 0 Å². The first-order valence-electron chi connectivity index (χ1n) is 10.5. The van der Waals surface area contributed by atoms with Crippen molar-refractivity contribution in [3.05, 3.63) is 75.0 Å². The molecule has 0 spiro atoms. The summed E-state index contributed by atoms with van der Waals surface area (Å²) in [5, 5.41) is 3.61. The lowest BCUT2D eigenvalue weighted by atomic mass is 9.79. The van der Waals surface area contributed by atoms with E-state index in [-0.39, 0.29) is 5.78 Å². The molecule has 0 amide bonds. The number of allylic oxidation sites excluding steroid dienone is 2. The standard InChI is InChI=1S/C25H24ClNO5/c1-5-31-18-12-14(11-17(26)24(18)32-6-2)20-19(25(29)30-4)13(3)27-22-15-9-7-8-10-16(15)23(28)21(20)22/h7-12,20,27H,5-6H2,1-4H3/t20-/m0/s1. The number of Topliss-reactive ketones (excluding diaryl/α,β-unsaturated/α-hetero) is 1. The maximum absolute atomic E-state index is 13.5. The fraction of sp³-hybridized carbons (Fsp3) is 0.280. The number of esters is 1. The molecule has 0 unspecified atom stereocenters. The summed E-state index contributed by atoms with van der Waals surface area (Å²) in [4.78, 5) is 26.3. The van der Waals surface area contributed by atoms with E-state index in [9.17, 15) is 9.59 Å². The van der Waals surface area contributed by atoms with Gasteiger partial charge in [-0.15, -0.1) is 0 Å². The van der Waals surface area contributed by atoms with Gasteiger partial charge in [-0.25, -0.2) is 4.79 Å². The fourth-order valence-electron chi connectivity index (χ4n) is 4.34. The summed E-state index contributed by atoms with van der Waals surface area (Å²) >= 11 is 6.58. The Hall–Kier alpha value is -3.25. The zero-order chi connectivity index (χ0) is 23.0. The maximum atomic E-state index is 13.5. The summed E-state index contributed by atoms with van der Waals surface area (Å²) in [6.45, 7) is 6.35. The van der Waals surface area contributed by atoms with E-state index in [0.29, 0.717) is 63.4 Å². The Kier molecular flexibility index (Phi) is 5.98. The number of fused-ring (bicyclic) bond motifs is 2. The minimum Gasteiger partial charge on any atom is -0.490 e. The number of nitrogens with one attached hydrogen (secondary N) is 1. The van der Waals surface area contributed by atoms with Crippen molar-refractivity contribution in [2.45, 2.75) is 26.7 Å². The average molecular weight is 454 g/mol. The van der Waals surface area contributed by atoms with Gasteiger partial charge in [0, 0.05) is 28.3 Å². The zero-order valence-electron chi connectivity index (χ0n) is 18.4. The highest BCUT2D eigenvalue weighted by Crippen LogP contribution is 2.49. The molecule has 0 saturated carbocycles. The van der Waals surface area contributed by atoms with Crippen LogP contribution in [0.5, 0.6) is 11.5 Å². The molecule has 0 bridgehead atoms. The molecular weight excluding hydrogens is 430 g/mol. The molecule has 2 aromatic rings. The predicted molar refractivity (Wildman–Crippen MR) is 122 cm³/mol. The van der Waals surface area contributed by atoms with Gasteiger partial charge in [-0.05, 0) is 38.5 Å². The number of benzene rings is 2. The molecule has 0 saturated heterocycles. The molecule has 4 rings (SSSR count). The van der Waals surface area contributed by atoms with Crippen LogP contribution < -0.4 is 14.8 Å². The zero-order valence-corrected chi connectivity index (χ0v) is 19.1. The lowest BCUT2D eigenvalue weighted by Gasteiger charge is -2.29. The Labute approximate surface area is 191 Å². The van der Waals surface area contributed by atoms with Gasteiger partial charge in [0.05, 0.1) is 36.6 Å². The molecule has 0 fully saturated rings. The summed E-state index contributed by atoms with van der Waals surface area (Å²) < 4.78 is 16.6. The molecule has 7 heteroatoms. The van der Waals surface area contributed by atoms with Crippen molar-refractivity contribution >= 4 is 29.1 Å². The van der Waals surface area contributed by atoms with E-state index in [4.69, 9.17) is 25.8 Å². The van der Waals surface area contributed by atoms with Crippen LogP contribution >= 0.6 is 11.6 Å². The van der Waals surface area contributed by atoms with Crippen molar-refractivity contribution < 1.29 is 23.8 Å². The molecule has 1 atom stereocenters. The van der Waals surface area contributed by atoms with Crippen LogP contribution in [0.2, 0.25) is 5.02 Å². The van der Waals surface area contributed by atoms with Gasteiger partial charge < -0.3 is 19.5 Å². The van der Waals surface area contributed by atoms with Crippen molar-refractivity contribution in [3.8, 4) is 11.5 Å². The van der Waals surface area contributed by atoms with Gasteiger partial charge in [0.2, 0.25) is 0 Å². The smallest absolute Gasteiger partial charge is 0.336 e. The van der Waals surface area contributed by atoms with Crippen molar-refractivity contribution in [2.24, 2.45) is 0 Å². The van der Waals surface area contributed by atoms with E-state index in [0.717, 1.165) is 5.56 Å². The largest absolute Gasteiger partial charge is 0.490 e. The van der Waals surface area contributed by atoms with Gasteiger partial charge in [-0.2, -0.15) is 0 Å². The summed E-state index contributed by atoms with van der Waals surface area (Å²) in [5.41, 5.74) is 4.21. The summed E-state index contributed by atoms with van der Waals surface area (Å²) in [7, 11) is 1.32. The van der Waals surface area contributed by atoms with Crippen LogP contribution in [0.4, 0.5) is 0 Å². The monoisotopic (exact) mass is 453 g/mol. The molecule has 1 aliphatic carbocycles. The maximum Gasteiger partial charge on any atom is 0.336 e. The summed E-state index contributed by atoms with van der Waals surface area (Å²) in [6.07, 6.45) is 0. The number of hydrogen-bond acceptors (Lipinski definition) is 6. The SMILES string of the molecule is CCOc1cc([C@H]2C(C(=O)OC)=C(C)NC3=C2C(=O)c2ccccc23)cc(Cl)c1OCC. The molecule has 1 N–H and O–H groups in total. The van der Waals surface area contributed by atoms with Crippen molar-refractivity contribution in [2.75, 3.05) is 20.3 Å². The van der Waals surface area contributed by atoms with E-state index in [1.165, 1.54) is 7.11 Å². The molecule has 2 aromatic carbocycles. The highest BCUT2D eigenvalue weighted by atomic mass is 35.5. The summed E-state index contributed by atoms with van der Waals surface area (Å²) in [5.74, 6) is -0.430. The second kappa shape index (κ2) is 8.71. The molecular formula is C25H24ClNO5. The van der Waals surface area contributed by atoms with Gasteiger partial charge in [-0.3, -0.25) is 4.79 Å². The minimum absolute atomic E-state index is 0.134. The third kappa shape index (κ3) is 3.45. The predicted octanol–water partition coefficient (Wildman–Crippen LogP) is 4.88. The Morgan fingerprint density at radius 2 is 1.78 bits per heavy atom. The first-order chi connectivity index (χ1) is 15.4. The molecule has 32 heavy (non-hydrogen) atoms. The Bertz CT molecular complexity index is 1180. The van der Waals surface area contributed by atoms with Crippen molar-refractivity contribution in [3.63, 3.8) is 0 Å². The lowest BCUT2D eigenvalue weighted by molar-refractivity contribution is -0.136. The third-order valence-electron chi connectivity index (χ3n) is 5.61. The first kappa shape index (κ1) is 22.0. The first-order valence-corrected chi connectivity index (χ1v) is 10.8. The van der Waals surface area contributed by atoms with Crippen LogP contribution in [0.3, 0.4) is 0 Å². The number of dihydropyridines is 1. The lowest BCUT2D eigenvalue weighted by Crippen LogP contribution is -2.29. The number of halogens is 1. The molecule has 166 valence electrons. The number of ketones is 1. The van der Waals surface area contributed by atoms with Crippen molar-refractivity contribution in [1.82, 2.24) is 5.32 Å². The van der Waals surface area contributed by atoms with Crippen LogP contribution in [-0.4, -0.2) is 32.1 Å². The molecule has 0 aromatic heterocycles. The molecule has 0 radical (unpaired) electrons. The normalized spacial score (nSPS) is 17.0. The third-order valence-corrected chi connectivity index (χ3v) is 5.89. The van der Waals surface area contributed by atoms with E-state index in [1.807, 2.05) is 32.0 Å². The fourth-order valence-corrected chi connectivity index (χ4v) is 4.62. The quantitative estimate of drug-likeness (QED) is 0.628. The van der Waals surface area contributed by atoms with Crippen LogP contribution in [0.25, 0.3) is 5.70 Å². The van der Waals surface area contributed by atoms with E-state index >= 15 is 0 Å². The van der Waals surface area contributed by atoms with Gasteiger partial charge in [-0.1, -0.05) is 35.9 Å². The van der Waals surface area contributed by atoms with Gasteiger partial charge in [0.15, 0.2) is 17.3 Å². The van der Waals surface area contributed by atoms with E-state index in [2.05, 4.69) is 5.32 Å². The number of hydrogen-bond donors (Lipinski definition) is 1. The highest BCUT2D eigenvalue weighted by molar-refractivity contribution is 6.32. The summed E-state index contributed by atoms with van der Waals surface area (Å²) in [6, 6.07) is 10.9. The Morgan fingerprint density at radius 1 is 1.09 bits per heavy atom.